The van der Waals surface area contributed by atoms with Gasteiger partial charge in [0.25, 0.3) is 0 Å². The average Bonchev–Trinajstić information content (AvgIpc) is 2.68. The molecular weight excluding hydrogens is 358 g/mol. The number of benzene rings is 1. The molecule has 0 aromatic heterocycles. The molecule has 0 bridgehead atoms. The molecule has 1 aliphatic rings. The van der Waals surface area contributed by atoms with Gasteiger partial charge in [0.05, 0.1) is 28.5 Å². The van der Waals surface area contributed by atoms with Gasteiger partial charge in [0, 0.05) is 0 Å². The molecule has 0 spiro atoms. The van der Waals surface area contributed by atoms with Crippen LogP contribution < -0.4 is 0 Å². The molecular formula is C14H19NO7S2. The number of sulfone groups is 1. The number of aliphatic carboxylic acids is 1. The van der Waals surface area contributed by atoms with Crippen molar-refractivity contribution in [2.75, 3.05) is 18.1 Å². The second-order valence-corrected chi connectivity index (χ2v) is 9.94. The quantitative estimate of drug-likeness (QED) is 0.710. The van der Waals surface area contributed by atoms with Crippen LogP contribution >= 0.6 is 0 Å². The van der Waals surface area contributed by atoms with Crippen LogP contribution in [0.15, 0.2) is 23.1 Å². The van der Waals surface area contributed by atoms with E-state index in [2.05, 4.69) is 0 Å². The number of carboxylic acid groups (broad SMARTS) is 1. The van der Waals surface area contributed by atoms with E-state index in [0.717, 1.165) is 5.56 Å². The van der Waals surface area contributed by atoms with Gasteiger partial charge >= 0.3 is 5.97 Å². The molecule has 1 aliphatic heterocycles. The maximum absolute atomic E-state index is 12.9. The molecule has 0 radical (unpaired) electrons. The van der Waals surface area contributed by atoms with Crippen LogP contribution in [0.2, 0.25) is 0 Å². The molecule has 1 aromatic carbocycles. The lowest BCUT2D eigenvalue weighted by Crippen LogP contribution is -2.49. The number of aryl methyl sites for hydroxylation is 2. The van der Waals surface area contributed by atoms with E-state index < -0.39 is 56.0 Å². The molecule has 1 fully saturated rings. The largest absolute Gasteiger partial charge is 0.480 e. The third-order valence-corrected chi connectivity index (χ3v) is 7.60. The van der Waals surface area contributed by atoms with Gasteiger partial charge in [-0.15, -0.1) is 0 Å². The molecule has 2 rings (SSSR count). The molecule has 0 saturated carbocycles. The molecule has 2 N–H and O–H groups in total. The molecule has 0 aliphatic carbocycles. The Morgan fingerprint density at radius 1 is 1.29 bits per heavy atom. The number of aliphatic hydroxyl groups is 1. The highest BCUT2D eigenvalue weighted by Gasteiger charge is 2.45. The first-order chi connectivity index (χ1) is 10.9. The number of aliphatic hydroxyl groups excluding tert-OH is 1. The van der Waals surface area contributed by atoms with Crippen molar-refractivity contribution in [1.82, 2.24) is 4.31 Å². The van der Waals surface area contributed by atoms with Gasteiger partial charge in [0.2, 0.25) is 10.0 Å². The van der Waals surface area contributed by atoms with Crippen molar-refractivity contribution in [3.8, 4) is 0 Å². The van der Waals surface area contributed by atoms with Gasteiger partial charge in [-0.25, -0.2) is 16.8 Å². The number of hydrogen-bond donors (Lipinski definition) is 2. The van der Waals surface area contributed by atoms with Crippen LogP contribution in [0.25, 0.3) is 0 Å². The van der Waals surface area contributed by atoms with E-state index in [4.69, 9.17) is 5.11 Å². The SMILES string of the molecule is Cc1ccc(S(=O)(=O)N(CC(=O)O)[C@H]2CS(=O)(=O)C[C@@H]2O)c(C)c1. The number of rotatable bonds is 5. The first-order valence-electron chi connectivity index (χ1n) is 7.13. The van der Waals surface area contributed by atoms with E-state index in [1.54, 1.807) is 26.0 Å². The summed E-state index contributed by atoms with van der Waals surface area (Å²) in [5.41, 5.74) is 1.25. The highest BCUT2D eigenvalue weighted by Crippen LogP contribution is 2.27. The lowest BCUT2D eigenvalue weighted by atomic mass is 10.2. The molecule has 2 atom stereocenters. The van der Waals surface area contributed by atoms with Crippen molar-refractivity contribution in [3.63, 3.8) is 0 Å². The minimum absolute atomic E-state index is 0.106. The predicted octanol–water partition coefficient (Wildman–Crippen LogP) is -0.463. The summed E-state index contributed by atoms with van der Waals surface area (Å²) >= 11 is 0. The van der Waals surface area contributed by atoms with E-state index in [-0.39, 0.29) is 4.90 Å². The minimum Gasteiger partial charge on any atom is -0.480 e. The van der Waals surface area contributed by atoms with Gasteiger partial charge in [-0.05, 0) is 25.5 Å². The Morgan fingerprint density at radius 3 is 2.38 bits per heavy atom. The fourth-order valence-corrected chi connectivity index (χ4v) is 6.52. The molecule has 1 heterocycles. The summed E-state index contributed by atoms with van der Waals surface area (Å²) in [7, 11) is -7.92. The zero-order chi connectivity index (χ0) is 18.3. The summed E-state index contributed by atoms with van der Waals surface area (Å²) in [6.45, 7) is 2.43. The van der Waals surface area contributed by atoms with Crippen molar-refractivity contribution in [2.24, 2.45) is 0 Å². The molecule has 24 heavy (non-hydrogen) atoms. The predicted molar refractivity (Wildman–Crippen MR) is 85.9 cm³/mol. The van der Waals surface area contributed by atoms with Gasteiger partial charge in [-0.1, -0.05) is 17.7 Å². The fraction of sp³-hybridized carbons (Fsp3) is 0.500. The van der Waals surface area contributed by atoms with Crippen molar-refractivity contribution in [2.45, 2.75) is 30.9 Å². The van der Waals surface area contributed by atoms with E-state index in [1.165, 1.54) is 6.07 Å². The van der Waals surface area contributed by atoms with Crippen molar-refractivity contribution >= 4 is 25.8 Å². The first-order valence-corrected chi connectivity index (χ1v) is 10.4. The van der Waals surface area contributed by atoms with E-state index in [9.17, 15) is 26.7 Å². The third-order valence-electron chi connectivity index (χ3n) is 3.87. The summed E-state index contributed by atoms with van der Waals surface area (Å²) in [5, 5.41) is 19.0. The standard InChI is InChI=1S/C14H19NO7S2/c1-9-3-4-13(10(2)5-9)24(21,22)15(6-14(17)18)11-7-23(19,20)8-12(11)16/h3-5,11-12,16H,6-8H2,1-2H3,(H,17,18)/t11-,12-/m0/s1. The average molecular weight is 377 g/mol. The first kappa shape index (κ1) is 18.8. The van der Waals surface area contributed by atoms with Gasteiger partial charge in [-0.3, -0.25) is 4.79 Å². The van der Waals surface area contributed by atoms with Crippen LogP contribution in [0, 0.1) is 13.8 Å². The van der Waals surface area contributed by atoms with Gasteiger partial charge in [-0.2, -0.15) is 4.31 Å². The zero-order valence-electron chi connectivity index (χ0n) is 13.2. The van der Waals surface area contributed by atoms with E-state index in [0.29, 0.717) is 9.87 Å². The number of sulfonamides is 1. The van der Waals surface area contributed by atoms with Crippen molar-refractivity contribution in [3.05, 3.63) is 29.3 Å². The minimum atomic E-state index is -4.28. The fourth-order valence-electron chi connectivity index (χ4n) is 2.81. The highest BCUT2D eigenvalue weighted by atomic mass is 32.2. The molecule has 1 saturated heterocycles. The monoisotopic (exact) mass is 377 g/mol. The van der Waals surface area contributed by atoms with Crippen LogP contribution in [0.1, 0.15) is 11.1 Å². The zero-order valence-corrected chi connectivity index (χ0v) is 14.8. The number of nitrogens with zero attached hydrogens (tertiary/aromatic N) is 1. The Kier molecular flexibility index (Phi) is 5.05. The molecule has 10 heteroatoms. The molecule has 0 amide bonds. The molecule has 134 valence electrons. The Labute approximate surface area is 140 Å². The summed E-state index contributed by atoms with van der Waals surface area (Å²) in [4.78, 5) is 11.0. The van der Waals surface area contributed by atoms with Crippen LogP contribution in [0.5, 0.6) is 0 Å². The summed E-state index contributed by atoms with van der Waals surface area (Å²) in [6, 6.07) is 3.23. The van der Waals surface area contributed by atoms with E-state index in [1.807, 2.05) is 0 Å². The maximum atomic E-state index is 12.9. The lowest BCUT2D eigenvalue weighted by molar-refractivity contribution is -0.137. The van der Waals surface area contributed by atoms with E-state index >= 15 is 0 Å². The molecule has 8 nitrogen and oxygen atoms in total. The summed E-state index contributed by atoms with van der Waals surface area (Å²) in [5.74, 6) is -2.62. The van der Waals surface area contributed by atoms with Crippen LogP contribution in [-0.4, -0.2) is 67.5 Å². The molecule has 1 aromatic rings. The van der Waals surface area contributed by atoms with Gasteiger partial charge < -0.3 is 10.2 Å². The van der Waals surface area contributed by atoms with Crippen LogP contribution in [0.4, 0.5) is 0 Å². The Hall–Kier alpha value is -1.49. The van der Waals surface area contributed by atoms with Gasteiger partial charge in [0.1, 0.15) is 6.54 Å². The smallest absolute Gasteiger partial charge is 0.318 e. The second-order valence-electron chi connectivity index (χ2n) is 5.92. The molecule has 0 unspecified atom stereocenters. The van der Waals surface area contributed by atoms with Crippen LogP contribution in [0.3, 0.4) is 0 Å². The Balaban J connectivity index is 2.53. The van der Waals surface area contributed by atoms with Crippen molar-refractivity contribution in [1.29, 1.82) is 0 Å². The Bertz CT molecular complexity index is 861. The third kappa shape index (κ3) is 3.77. The number of carboxylic acids is 1. The maximum Gasteiger partial charge on any atom is 0.318 e. The lowest BCUT2D eigenvalue weighted by Gasteiger charge is -2.28. The topological polar surface area (TPSA) is 129 Å². The highest BCUT2D eigenvalue weighted by molar-refractivity contribution is 7.92. The number of hydrogen-bond acceptors (Lipinski definition) is 6. The van der Waals surface area contributed by atoms with Crippen molar-refractivity contribution < 1.29 is 31.8 Å². The second kappa shape index (κ2) is 6.43. The normalized spacial score (nSPS) is 23.5. The number of carbonyl (C=O) groups is 1. The Morgan fingerprint density at radius 2 is 1.92 bits per heavy atom. The summed E-state index contributed by atoms with van der Waals surface area (Å²) < 4.78 is 49.7. The van der Waals surface area contributed by atoms with Gasteiger partial charge in [0.15, 0.2) is 9.84 Å². The summed E-state index contributed by atoms with van der Waals surface area (Å²) in [6.07, 6.45) is -1.46. The van der Waals surface area contributed by atoms with Crippen LogP contribution in [-0.2, 0) is 24.7 Å².